The van der Waals surface area contributed by atoms with Crippen LogP contribution >= 0.6 is 27.3 Å². The van der Waals surface area contributed by atoms with E-state index in [1.807, 2.05) is 0 Å². The highest BCUT2D eigenvalue weighted by Gasteiger charge is 2.16. The second-order valence-electron chi connectivity index (χ2n) is 3.25. The third-order valence-corrected chi connectivity index (χ3v) is 3.82. The number of thiazole rings is 1. The molecule has 0 bridgehead atoms. The highest BCUT2D eigenvalue weighted by atomic mass is 79.9. The molecule has 0 saturated heterocycles. The van der Waals surface area contributed by atoms with Gasteiger partial charge in [0.05, 0.1) is 15.0 Å². The Hall–Kier alpha value is -1.78. The van der Waals surface area contributed by atoms with Crippen molar-refractivity contribution >= 4 is 33.2 Å². The van der Waals surface area contributed by atoms with E-state index in [2.05, 4.69) is 20.9 Å². The van der Waals surface area contributed by atoms with Crippen LogP contribution in [0.3, 0.4) is 0 Å². The van der Waals surface area contributed by atoms with Gasteiger partial charge >= 0.3 is 5.97 Å². The van der Waals surface area contributed by atoms with Gasteiger partial charge in [-0.1, -0.05) is 11.3 Å². The molecule has 0 unspecified atom stereocenters. The summed E-state index contributed by atoms with van der Waals surface area (Å²) in [6, 6.07) is 5.66. The summed E-state index contributed by atoms with van der Waals surface area (Å²) in [5.74, 6) is -1.75. The third-order valence-electron chi connectivity index (χ3n) is 2.13. The van der Waals surface area contributed by atoms with E-state index in [0.717, 1.165) is 17.4 Å². The van der Waals surface area contributed by atoms with Gasteiger partial charge < -0.3 is 5.11 Å². The topological polar surface area (TPSA) is 74.0 Å². The van der Waals surface area contributed by atoms with E-state index in [-0.39, 0.29) is 10.6 Å². The summed E-state index contributed by atoms with van der Waals surface area (Å²) in [4.78, 5) is 14.7. The van der Waals surface area contributed by atoms with Crippen LogP contribution in [0.5, 0.6) is 0 Å². The fourth-order valence-corrected chi connectivity index (χ4v) is 2.76. The van der Waals surface area contributed by atoms with Gasteiger partial charge in [0, 0.05) is 5.56 Å². The number of nitrogens with zero attached hydrogens (tertiary/aromatic N) is 2. The lowest BCUT2D eigenvalue weighted by atomic mass is 10.1. The molecular formula is C11H4BrFN2O2S. The smallest absolute Gasteiger partial charge is 0.365 e. The number of hydrogen-bond acceptors (Lipinski definition) is 4. The van der Waals surface area contributed by atoms with Crippen LogP contribution in [0.1, 0.15) is 15.4 Å². The molecule has 4 nitrogen and oxygen atoms in total. The Morgan fingerprint density at radius 2 is 2.28 bits per heavy atom. The zero-order valence-electron chi connectivity index (χ0n) is 8.65. The Balaban J connectivity index is 2.56. The number of hydrogen-bond donors (Lipinski definition) is 1. The lowest BCUT2D eigenvalue weighted by Gasteiger charge is -1.99. The first-order valence-corrected chi connectivity index (χ1v) is 6.23. The van der Waals surface area contributed by atoms with Crippen molar-refractivity contribution in [1.29, 1.82) is 5.26 Å². The molecule has 7 heteroatoms. The van der Waals surface area contributed by atoms with Crippen molar-refractivity contribution in [3.63, 3.8) is 0 Å². The minimum atomic E-state index is -1.13. The fraction of sp³-hybridized carbons (Fsp3) is 0. The van der Waals surface area contributed by atoms with E-state index in [1.165, 1.54) is 12.1 Å². The molecule has 0 spiro atoms. The van der Waals surface area contributed by atoms with E-state index in [9.17, 15) is 9.18 Å². The minimum absolute atomic E-state index is 0.0697. The number of benzene rings is 1. The maximum absolute atomic E-state index is 13.2. The third kappa shape index (κ3) is 2.25. The van der Waals surface area contributed by atoms with E-state index in [1.54, 1.807) is 6.07 Å². The molecule has 0 radical (unpaired) electrons. The van der Waals surface area contributed by atoms with Gasteiger partial charge in [-0.2, -0.15) is 5.26 Å². The van der Waals surface area contributed by atoms with Gasteiger partial charge in [-0.25, -0.2) is 14.2 Å². The summed E-state index contributed by atoms with van der Waals surface area (Å²) in [5.41, 5.74) is 0.766. The molecule has 2 aromatic rings. The molecule has 1 heterocycles. The van der Waals surface area contributed by atoms with E-state index >= 15 is 0 Å². The minimum Gasteiger partial charge on any atom is -0.476 e. The van der Waals surface area contributed by atoms with Crippen LogP contribution < -0.4 is 0 Å². The first kappa shape index (κ1) is 12.7. The molecule has 0 saturated carbocycles. The van der Waals surface area contributed by atoms with Crippen LogP contribution in [-0.4, -0.2) is 16.1 Å². The first-order chi connectivity index (χ1) is 8.52. The van der Waals surface area contributed by atoms with E-state index in [4.69, 9.17) is 10.4 Å². The number of aromatic carboxylic acids is 1. The van der Waals surface area contributed by atoms with Crippen LogP contribution in [0.2, 0.25) is 0 Å². The van der Waals surface area contributed by atoms with Gasteiger partial charge in [-0.15, -0.1) is 0 Å². The number of aromatic nitrogens is 1. The SMILES string of the molecule is N#Cc1cc(-c2nc(C(=O)O)sc2Br)ccc1F. The molecule has 2 rings (SSSR count). The van der Waals surface area contributed by atoms with Gasteiger partial charge in [0.25, 0.3) is 0 Å². The molecule has 1 N–H and O–H groups in total. The molecule has 0 fully saturated rings. The summed E-state index contributed by atoms with van der Waals surface area (Å²) < 4.78 is 13.7. The van der Waals surface area contributed by atoms with Crippen molar-refractivity contribution in [2.24, 2.45) is 0 Å². The Labute approximate surface area is 113 Å². The summed E-state index contributed by atoms with van der Waals surface area (Å²) >= 11 is 4.17. The zero-order chi connectivity index (χ0) is 13.3. The molecule has 0 atom stereocenters. The number of carbonyl (C=O) groups is 1. The Bertz CT molecular complexity index is 678. The number of carboxylic acids is 1. The molecule has 0 aliphatic rings. The number of nitriles is 1. The summed E-state index contributed by atoms with van der Waals surface area (Å²) in [7, 11) is 0. The molecule has 1 aromatic heterocycles. The second-order valence-corrected chi connectivity index (χ2v) is 5.57. The standard InChI is InChI=1S/C11H4BrFN2O2S/c12-9-8(15-10(18-9)11(16)17)5-1-2-7(13)6(3-5)4-14/h1-3H,(H,16,17). The highest BCUT2D eigenvalue weighted by Crippen LogP contribution is 2.33. The fourth-order valence-electron chi connectivity index (χ4n) is 1.33. The molecule has 0 aliphatic carbocycles. The van der Waals surface area contributed by atoms with Crippen molar-refractivity contribution in [3.05, 3.63) is 38.4 Å². The maximum atomic E-state index is 13.2. The lowest BCUT2D eigenvalue weighted by Crippen LogP contribution is -1.94. The van der Waals surface area contributed by atoms with Crippen LogP contribution in [-0.2, 0) is 0 Å². The van der Waals surface area contributed by atoms with Crippen molar-refractivity contribution in [1.82, 2.24) is 4.98 Å². The van der Waals surface area contributed by atoms with Gasteiger partial charge in [0.2, 0.25) is 5.01 Å². The summed E-state index contributed by atoms with van der Waals surface area (Å²) in [6.07, 6.45) is 0. The largest absolute Gasteiger partial charge is 0.476 e. The van der Waals surface area contributed by atoms with Crippen molar-refractivity contribution in [2.45, 2.75) is 0 Å². The van der Waals surface area contributed by atoms with Crippen molar-refractivity contribution in [2.75, 3.05) is 0 Å². The van der Waals surface area contributed by atoms with Gasteiger partial charge in [0.15, 0.2) is 0 Å². The average molecular weight is 327 g/mol. The molecule has 0 aliphatic heterocycles. The predicted molar refractivity (Wildman–Crippen MR) is 66.9 cm³/mol. The van der Waals surface area contributed by atoms with Crippen molar-refractivity contribution < 1.29 is 14.3 Å². The Morgan fingerprint density at radius 1 is 1.56 bits per heavy atom. The molecule has 0 amide bonds. The molecule has 90 valence electrons. The summed E-state index contributed by atoms with van der Waals surface area (Å²) in [6.45, 7) is 0. The van der Waals surface area contributed by atoms with Gasteiger partial charge in [-0.05, 0) is 34.1 Å². The van der Waals surface area contributed by atoms with E-state index < -0.39 is 11.8 Å². The van der Waals surface area contributed by atoms with Crippen LogP contribution in [0.25, 0.3) is 11.3 Å². The Morgan fingerprint density at radius 3 is 2.83 bits per heavy atom. The number of halogens is 2. The zero-order valence-corrected chi connectivity index (χ0v) is 11.0. The van der Waals surface area contributed by atoms with Gasteiger partial charge in [0.1, 0.15) is 11.9 Å². The van der Waals surface area contributed by atoms with Crippen LogP contribution in [0.15, 0.2) is 22.0 Å². The average Bonchev–Trinajstić information content (AvgIpc) is 2.72. The highest BCUT2D eigenvalue weighted by molar-refractivity contribution is 9.11. The summed E-state index contributed by atoms with van der Waals surface area (Å²) in [5, 5.41) is 17.5. The van der Waals surface area contributed by atoms with Crippen molar-refractivity contribution in [3.8, 4) is 17.3 Å². The maximum Gasteiger partial charge on any atom is 0.365 e. The monoisotopic (exact) mass is 326 g/mol. The van der Waals surface area contributed by atoms with E-state index in [0.29, 0.717) is 15.0 Å². The van der Waals surface area contributed by atoms with Crippen LogP contribution in [0, 0.1) is 17.1 Å². The van der Waals surface area contributed by atoms with Gasteiger partial charge in [-0.3, -0.25) is 0 Å². The Kier molecular flexibility index (Phi) is 3.41. The normalized spacial score (nSPS) is 10.1. The number of carboxylic acid groups (broad SMARTS) is 1. The first-order valence-electron chi connectivity index (χ1n) is 4.62. The number of rotatable bonds is 2. The van der Waals surface area contributed by atoms with Crippen LogP contribution in [0.4, 0.5) is 4.39 Å². The molecule has 1 aromatic carbocycles. The lowest BCUT2D eigenvalue weighted by molar-refractivity contribution is 0.0696. The molecule has 18 heavy (non-hydrogen) atoms. The second kappa shape index (κ2) is 4.84. The predicted octanol–water partition coefficient (Wildman–Crippen LogP) is 3.28. The quantitative estimate of drug-likeness (QED) is 0.918. The molecular weight excluding hydrogens is 323 g/mol.